The fraction of sp³-hybridized carbons (Fsp3) is 0.200. The number of hydrogen-bond acceptors (Lipinski definition) is 8. The lowest BCUT2D eigenvalue weighted by Gasteiger charge is -2.15. The summed E-state index contributed by atoms with van der Waals surface area (Å²) in [6, 6.07) is 17.8. The molecule has 6 rings (SSSR count). The minimum Gasteiger partial charge on any atom is -0.480 e. The van der Waals surface area contributed by atoms with Crippen LogP contribution in [0.2, 0.25) is 10.0 Å². The Morgan fingerprint density at radius 3 is 2.42 bits per heavy atom. The standard InChI is InChI=1S/C35H29Cl2N5O6/c1-19-27(18-48-35(46)38-16-22-10-12-30(44)40-22)34(45)42-14-13-20(15-29(42)39-19)23-5-3-6-24(31(23)36)25-7-4-8-26(32(25)37)28-11-9-21(17-43)33(41-28)47-2/h3-9,11,13-15,17,22H,10,12,16,18H2,1-2H3,(H,38,46)(H,40,44). The van der Waals surface area contributed by atoms with Crippen LogP contribution in [0.25, 0.3) is 39.2 Å². The minimum absolute atomic E-state index is 0.0480. The first-order chi connectivity index (χ1) is 23.2. The van der Waals surface area contributed by atoms with Crippen LogP contribution in [0.15, 0.2) is 71.7 Å². The molecule has 2 amide bonds. The summed E-state index contributed by atoms with van der Waals surface area (Å²) >= 11 is 14.0. The number of carbonyl (C=O) groups is 3. The molecule has 1 saturated heterocycles. The third-order valence-electron chi connectivity index (χ3n) is 8.14. The molecule has 11 nitrogen and oxygen atoms in total. The van der Waals surface area contributed by atoms with Crippen LogP contribution in [0, 0.1) is 6.92 Å². The van der Waals surface area contributed by atoms with Crippen LogP contribution in [0.1, 0.15) is 34.5 Å². The number of benzene rings is 2. The quantitative estimate of drug-likeness (QED) is 0.179. The lowest BCUT2D eigenvalue weighted by molar-refractivity contribution is -0.119. The molecule has 0 spiro atoms. The SMILES string of the molecule is COc1nc(-c2cccc(-c3cccc(-c4ccn5c(=O)c(COC(=O)NCC6CCC(=O)N6)c(C)nc5c4)c3Cl)c2Cl)ccc1C=O. The van der Waals surface area contributed by atoms with Crippen molar-refractivity contribution in [2.45, 2.75) is 32.4 Å². The van der Waals surface area contributed by atoms with E-state index in [1.54, 1.807) is 37.4 Å². The van der Waals surface area contributed by atoms with Crippen LogP contribution in [0.5, 0.6) is 5.88 Å². The smallest absolute Gasteiger partial charge is 0.407 e. The number of alkyl carbamates (subject to hydrolysis) is 1. The van der Waals surface area contributed by atoms with Crippen molar-refractivity contribution in [3.05, 3.63) is 104 Å². The lowest BCUT2D eigenvalue weighted by Crippen LogP contribution is -2.38. The number of nitrogens with zero attached hydrogens (tertiary/aromatic N) is 3. The predicted molar refractivity (Wildman–Crippen MR) is 182 cm³/mol. The summed E-state index contributed by atoms with van der Waals surface area (Å²) in [4.78, 5) is 57.4. The summed E-state index contributed by atoms with van der Waals surface area (Å²) in [7, 11) is 1.44. The number of halogens is 2. The number of rotatable bonds is 9. The lowest BCUT2D eigenvalue weighted by atomic mass is 9.97. The normalized spacial score (nSPS) is 14.1. The zero-order chi connectivity index (χ0) is 33.9. The van der Waals surface area contributed by atoms with Crippen LogP contribution in [-0.4, -0.2) is 52.4 Å². The van der Waals surface area contributed by atoms with E-state index in [4.69, 9.17) is 32.7 Å². The highest BCUT2D eigenvalue weighted by atomic mass is 35.5. The molecule has 244 valence electrons. The Kier molecular flexibility index (Phi) is 9.42. The predicted octanol–water partition coefficient (Wildman–Crippen LogP) is 6.03. The van der Waals surface area contributed by atoms with Crippen molar-refractivity contribution in [1.82, 2.24) is 25.0 Å². The van der Waals surface area contributed by atoms with Gasteiger partial charge in [0.15, 0.2) is 6.29 Å². The molecule has 0 aliphatic carbocycles. The summed E-state index contributed by atoms with van der Waals surface area (Å²) in [5.41, 5.74) is 4.95. The van der Waals surface area contributed by atoms with Gasteiger partial charge >= 0.3 is 6.09 Å². The van der Waals surface area contributed by atoms with E-state index in [0.29, 0.717) is 74.0 Å². The van der Waals surface area contributed by atoms with Gasteiger partial charge in [-0.1, -0.05) is 59.6 Å². The number of pyridine rings is 2. The van der Waals surface area contributed by atoms with Crippen LogP contribution < -0.4 is 20.9 Å². The number of fused-ring (bicyclic) bond motifs is 1. The zero-order valence-electron chi connectivity index (χ0n) is 25.9. The molecule has 1 unspecified atom stereocenters. The maximum atomic E-state index is 13.4. The molecule has 13 heteroatoms. The average molecular weight is 687 g/mol. The van der Waals surface area contributed by atoms with Gasteiger partial charge in [0, 0.05) is 47.5 Å². The van der Waals surface area contributed by atoms with E-state index >= 15 is 0 Å². The number of carbonyl (C=O) groups excluding carboxylic acids is 3. The topological polar surface area (TPSA) is 141 Å². The van der Waals surface area contributed by atoms with Gasteiger partial charge in [-0.2, -0.15) is 0 Å². The molecule has 0 bridgehead atoms. The molecule has 0 radical (unpaired) electrons. The second-order valence-electron chi connectivity index (χ2n) is 11.1. The molecule has 1 aliphatic rings. The molecule has 4 heterocycles. The molecule has 2 N–H and O–H groups in total. The van der Waals surface area contributed by atoms with Crippen molar-refractivity contribution in [2.24, 2.45) is 0 Å². The van der Waals surface area contributed by atoms with Gasteiger partial charge in [0.05, 0.1) is 39.7 Å². The van der Waals surface area contributed by atoms with Crippen molar-refractivity contribution in [3.63, 3.8) is 0 Å². The molecule has 1 aliphatic heterocycles. The number of aldehydes is 1. The second kappa shape index (κ2) is 13.8. The first kappa shape index (κ1) is 32.7. The molecule has 48 heavy (non-hydrogen) atoms. The number of methoxy groups -OCH3 is 1. The molecule has 1 atom stereocenters. The van der Waals surface area contributed by atoms with E-state index in [9.17, 15) is 19.2 Å². The van der Waals surface area contributed by atoms with Crippen molar-refractivity contribution in [2.75, 3.05) is 13.7 Å². The van der Waals surface area contributed by atoms with E-state index in [1.165, 1.54) is 11.5 Å². The molecular weight excluding hydrogens is 657 g/mol. The Balaban J connectivity index is 1.26. The monoisotopic (exact) mass is 685 g/mol. The number of aryl methyl sites for hydroxylation is 1. The van der Waals surface area contributed by atoms with Gasteiger partial charge < -0.3 is 20.1 Å². The van der Waals surface area contributed by atoms with Crippen LogP contribution in [0.4, 0.5) is 4.79 Å². The Hall–Kier alpha value is -5.26. The third-order valence-corrected chi connectivity index (χ3v) is 8.95. The summed E-state index contributed by atoms with van der Waals surface area (Å²) in [6.07, 6.45) is 2.65. The second-order valence-corrected chi connectivity index (χ2v) is 11.9. The molecule has 3 aromatic heterocycles. The van der Waals surface area contributed by atoms with E-state index in [-0.39, 0.29) is 42.1 Å². The number of nitrogens with one attached hydrogen (secondary N) is 2. The molecule has 0 saturated carbocycles. The van der Waals surface area contributed by atoms with E-state index in [2.05, 4.69) is 20.6 Å². The first-order valence-corrected chi connectivity index (χ1v) is 15.7. The molecule has 5 aromatic rings. The van der Waals surface area contributed by atoms with Gasteiger partial charge in [-0.05, 0) is 43.2 Å². The van der Waals surface area contributed by atoms with Gasteiger partial charge in [-0.15, -0.1) is 0 Å². The molecule has 2 aromatic carbocycles. The summed E-state index contributed by atoms with van der Waals surface area (Å²) in [5.74, 6) is 0.147. The summed E-state index contributed by atoms with van der Waals surface area (Å²) in [6.45, 7) is 1.66. The number of aromatic nitrogens is 3. The van der Waals surface area contributed by atoms with Crippen molar-refractivity contribution in [1.29, 1.82) is 0 Å². The number of ether oxygens (including phenoxy) is 2. The highest BCUT2D eigenvalue weighted by Gasteiger charge is 2.22. The maximum absolute atomic E-state index is 13.4. The largest absolute Gasteiger partial charge is 0.480 e. The Morgan fingerprint density at radius 1 is 1.02 bits per heavy atom. The Morgan fingerprint density at radius 2 is 1.73 bits per heavy atom. The van der Waals surface area contributed by atoms with Crippen LogP contribution >= 0.6 is 23.2 Å². The summed E-state index contributed by atoms with van der Waals surface area (Å²) in [5, 5.41) is 6.24. The Bertz CT molecular complexity index is 2150. The van der Waals surface area contributed by atoms with Gasteiger partial charge in [-0.3, -0.25) is 18.8 Å². The highest BCUT2D eigenvalue weighted by Crippen LogP contribution is 2.42. The van der Waals surface area contributed by atoms with E-state index in [0.717, 1.165) is 5.56 Å². The van der Waals surface area contributed by atoms with Crippen molar-refractivity contribution < 1.29 is 23.9 Å². The minimum atomic E-state index is -0.692. The van der Waals surface area contributed by atoms with Crippen LogP contribution in [-0.2, 0) is 16.1 Å². The fourth-order valence-electron chi connectivity index (χ4n) is 5.60. The van der Waals surface area contributed by atoms with Gasteiger partial charge in [0.1, 0.15) is 12.3 Å². The summed E-state index contributed by atoms with van der Waals surface area (Å²) < 4.78 is 11.9. The van der Waals surface area contributed by atoms with Crippen molar-refractivity contribution in [3.8, 4) is 39.4 Å². The number of amides is 2. The van der Waals surface area contributed by atoms with Gasteiger partial charge in [0.2, 0.25) is 11.8 Å². The maximum Gasteiger partial charge on any atom is 0.407 e. The van der Waals surface area contributed by atoms with E-state index in [1.807, 2.05) is 36.4 Å². The van der Waals surface area contributed by atoms with Gasteiger partial charge in [0.25, 0.3) is 5.56 Å². The first-order valence-electron chi connectivity index (χ1n) is 15.0. The molecule has 1 fully saturated rings. The van der Waals surface area contributed by atoms with Gasteiger partial charge in [-0.25, -0.2) is 14.8 Å². The molecular formula is C35H29Cl2N5O6. The van der Waals surface area contributed by atoms with Crippen LogP contribution in [0.3, 0.4) is 0 Å². The third kappa shape index (κ3) is 6.47. The highest BCUT2D eigenvalue weighted by molar-refractivity contribution is 6.39. The van der Waals surface area contributed by atoms with Crippen molar-refractivity contribution >= 4 is 47.1 Å². The average Bonchev–Trinajstić information content (AvgIpc) is 3.51. The zero-order valence-corrected chi connectivity index (χ0v) is 27.4. The Labute approximate surface area is 284 Å². The van der Waals surface area contributed by atoms with E-state index < -0.39 is 6.09 Å². The fourth-order valence-corrected chi connectivity index (χ4v) is 6.26. The number of hydrogen-bond donors (Lipinski definition) is 2.